The number of halogens is 2. The Hall–Kier alpha value is -1.30. The van der Waals surface area contributed by atoms with Crippen molar-refractivity contribution >= 4 is 35.1 Å². The van der Waals surface area contributed by atoms with Gasteiger partial charge in [0.05, 0.1) is 16.1 Å². The standard InChI is InChI=1S/C15H16Cl2N2O3/c16-10-2-1-8-5-6-19(7-9(8)13(10)17)14(20)11-3-4-12(18-11)15(21)22/h1-2,11-12,18H,3-7H2,(H,21,22)/t11-,12+/m1/s1. The third kappa shape index (κ3) is 2.81. The molecule has 2 aliphatic heterocycles. The Kier molecular flexibility index (Phi) is 4.30. The van der Waals surface area contributed by atoms with E-state index in [1.165, 1.54) is 0 Å². The fourth-order valence-electron chi connectivity index (χ4n) is 3.10. The number of benzene rings is 1. The van der Waals surface area contributed by atoms with Crippen LogP contribution < -0.4 is 5.32 Å². The molecule has 2 heterocycles. The van der Waals surface area contributed by atoms with Crippen LogP contribution >= 0.6 is 23.2 Å². The fourth-order valence-corrected chi connectivity index (χ4v) is 3.53. The van der Waals surface area contributed by atoms with Gasteiger partial charge in [-0.15, -0.1) is 0 Å². The Balaban J connectivity index is 1.73. The van der Waals surface area contributed by atoms with Crippen LogP contribution in [0.25, 0.3) is 0 Å². The molecule has 0 aromatic heterocycles. The van der Waals surface area contributed by atoms with Crippen LogP contribution in [0.15, 0.2) is 12.1 Å². The molecule has 22 heavy (non-hydrogen) atoms. The highest BCUT2D eigenvalue weighted by Gasteiger charge is 2.36. The van der Waals surface area contributed by atoms with Gasteiger partial charge < -0.3 is 10.0 Å². The molecule has 118 valence electrons. The maximum absolute atomic E-state index is 12.6. The molecular formula is C15H16Cl2N2O3. The van der Waals surface area contributed by atoms with E-state index in [2.05, 4.69) is 5.32 Å². The first-order chi connectivity index (χ1) is 10.5. The van der Waals surface area contributed by atoms with Gasteiger partial charge in [0.2, 0.25) is 5.91 Å². The summed E-state index contributed by atoms with van der Waals surface area (Å²) in [5.41, 5.74) is 2.00. The molecule has 2 N–H and O–H groups in total. The molecular weight excluding hydrogens is 327 g/mol. The molecule has 0 saturated carbocycles. The number of nitrogens with one attached hydrogen (secondary N) is 1. The maximum Gasteiger partial charge on any atom is 0.320 e. The molecule has 3 rings (SSSR count). The first kappa shape index (κ1) is 15.6. The predicted octanol–water partition coefficient (Wildman–Crippen LogP) is 2.08. The van der Waals surface area contributed by atoms with E-state index < -0.39 is 18.1 Å². The van der Waals surface area contributed by atoms with Gasteiger partial charge in [-0.05, 0) is 36.5 Å². The van der Waals surface area contributed by atoms with Crippen LogP contribution in [-0.2, 0) is 22.6 Å². The van der Waals surface area contributed by atoms with Crippen molar-refractivity contribution in [2.45, 2.75) is 37.9 Å². The second kappa shape index (κ2) is 6.07. The molecule has 1 amide bonds. The number of nitrogens with zero attached hydrogens (tertiary/aromatic N) is 1. The number of hydrogen-bond acceptors (Lipinski definition) is 3. The lowest BCUT2D eigenvalue weighted by Gasteiger charge is -2.31. The quantitative estimate of drug-likeness (QED) is 0.863. The van der Waals surface area contributed by atoms with Crippen LogP contribution in [0.2, 0.25) is 10.0 Å². The van der Waals surface area contributed by atoms with Gasteiger partial charge in [0.15, 0.2) is 0 Å². The van der Waals surface area contributed by atoms with Crippen molar-refractivity contribution in [3.63, 3.8) is 0 Å². The highest BCUT2D eigenvalue weighted by molar-refractivity contribution is 6.42. The van der Waals surface area contributed by atoms with Crippen molar-refractivity contribution in [1.82, 2.24) is 10.2 Å². The van der Waals surface area contributed by atoms with Gasteiger partial charge in [0.1, 0.15) is 6.04 Å². The molecule has 1 fully saturated rings. The number of aliphatic carboxylic acids is 1. The average molecular weight is 343 g/mol. The molecule has 5 nitrogen and oxygen atoms in total. The van der Waals surface area contributed by atoms with Crippen molar-refractivity contribution in [2.24, 2.45) is 0 Å². The van der Waals surface area contributed by atoms with Crippen LogP contribution in [-0.4, -0.2) is 40.5 Å². The molecule has 2 aliphatic rings. The molecule has 0 bridgehead atoms. The molecule has 0 unspecified atom stereocenters. The molecule has 1 aromatic rings. The number of rotatable bonds is 2. The Labute approximate surface area is 138 Å². The number of carbonyl (C=O) groups excluding carboxylic acids is 1. The SMILES string of the molecule is O=C(O)[C@@H]1CC[C@H](C(=O)N2CCc3ccc(Cl)c(Cl)c3C2)N1. The zero-order chi connectivity index (χ0) is 15.9. The monoisotopic (exact) mass is 342 g/mol. The van der Waals surface area contributed by atoms with Crippen LogP contribution in [0.4, 0.5) is 0 Å². The van der Waals surface area contributed by atoms with Gasteiger partial charge in [-0.3, -0.25) is 14.9 Å². The molecule has 0 radical (unpaired) electrons. The van der Waals surface area contributed by atoms with Crippen LogP contribution in [0.1, 0.15) is 24.0 Å². The third-order valence-electron chi connectivity index (χ3n) is 4.35. The van der Waals surface area contributed by atoms with Gasteiger partial charge in [-0.1, -0.05) is 29.3 Å². The number of carboxylic acids is 1. The van der Waals surface area contributed by atoms with Crippen molar-refractivity contribution < 1.29 is 14.7 Å². The van der Waals surface area contributed by atoms with Crippen LogP contribution in [0.5, 0.6) is 0 Å². The average Bonchev–Trinajstić information content (AvgIpc) is 3.00. The minimum Gasteiger partial charge on any atom is -0.480 e. The summed E-state index contributed by atoms with van der Waals surface area (Å²) in [5.74, 6) is -0.973. The Morgan fingerprint density at radius 2 is 1.95 bits per heavy atom. The molecule has 1 aromatic carbocycles. The van der Waals surface area contributed by atoms with E-state index >= 15 is 0 Å². The predicted molar refractivity (Wildman–Crippen MR) is 83.2 cm³/mol. The highest BCUT2D eigenvalue weighted by atomic mass is 35.5. The summed E-state index contributed by atoms with van der Waals surface area (Å²) >= 11 is 12.3. The number of hydrogen-bond donors (Lipinski definition) is 2. The van der Waals surface area contributed by atoms with Crippen molar-refractivity contribution in [1.29, 1.82) is 0 Å². The smallest absolute Gasteiger partial charge is 0.320 e. The molecule has 1 saturated heterocycles. The second-order valence-corrected chi connectivity index (χ2v) is 6.48. The zero-order valence-electron chi connectivity index (χ0n) is 11.8. The number of fused-ring (bicyclic) bond motifs is 1. The van der Waals surface area contributed by atoms with E-state index in [9.17, 15) is 9.59 Å². The Morgan fingerprint density at radius 1 is 1.23 bits per heavy atom. The van der Waals surface area contributed by atoms with Crippen molar-refractivity contribution in [3.05, 3.63) is 33.3 Å². The largest absolute Gasteiger partial charge is 0.480 e. The first-order valence-corrected chi connectivity index (χ1v) is 7.96. The second-order valence-electron chi connectivity index (χ2n) is 5.70. The van der Waals surface area contributed by atoms with E-state index in [0.717, 1.165) is 17.5 Å². The zero-order valence-corrected chi connectivity index (χ0v) is 13.3. The number of carbonyl (C=O) groups is 2. The maximum atomic E-state index is 12.6. The minimum atomic E-state index is -0.908. The molecule has 2 atom stereocenters. The van der Waals surface area contributed by atoms with Crippen molar-refractivity contribution in [3.8, 4) is 0 Å². The van der Waals surface area contributed by atoms with Gasteiger partial charge in [-0.25, -0.2) is 0 Å². The first-order valence-electron chi connectivity index (χ1n) is 7.20. The molecule has 7 heteroatoms. The van der Waals surface area contributed by atoms with E-state index in [0.29, 0.717) is 36.0 Å². The topological polar surface area (TPSA) is 69.6 Å². The lowest BCUT2D eigenvalue weighted by atomic mass is 9.99. The van der Waals surface area contributed by atoms with Gasteiger partial charge in [0, 0.05) is 13.1 Å². The molecule has 0 aliphatic carbocycles. The highest BCUT2D eigenvalue weighted by Crippen LogP contribution is 2.32. The number of carboxylic acid groups (broad SMARTS) is 1. The van der Waals surface area contributed by atoms with Gasteiger partial charge in [0.25, 0.3) is 0 Å². The summed E-state index contributed by atoms with van der Waals surface area (Å²) in [5, 5.41) is 12.9. The van der Waals surface area contributed by atoms with E-state index in [-0.39, 0.29) is 5.91 Å². The summed E-state index contributed by atoms with van der Waals surface area (Å²) in [6.45, 7) is 1.03. The summed E-state index contributed by atoms with van der Waals surface area (Å²) in [7, 11) is 0. The summed E-state index contributed by atoms with van der Waals surface area (Å²) in [6.07, 6.45) is 1.75. The summed E-state index contributed by atoms with van der Waals surface area (Å²) in [6, 6.07) is 2.65. The third-order valence-corrected chi connectivity index (χ3v) is 5.19. The van der Waals surface area contributed by atoms with Crippen molar-refractivity contribution in [2.75, 3.05) is 6.54 Å². The van der Waals surface area contributed by atoms with E-state index in [1.807, 2.05) is 6.07 Å². The number of amides is 1. The summed E-state index contributed by atoms with van der Waals surface area (Å²) in [4.78, 5) is 25.3. The molecule has 0 spiro atoms. The van der Waals surface area contributed by atoms with Crippen LogP contribution in [0.3, 0.4) is 0 Å². The fraction of sp³-hybridized carbons (Fsp3) is 0.467. The lowest BCUT2D eigenvalue weighted by Crippen LogP contribution is -2.48. The van der Waals surface area contributed by atoms with Crippen LogP contribution in [0, 0.1) is 0 Å². The Bertz CT molecular complexity index is 635. The van der Waals surface area contributed by atoms with E-state index in [4.69, 9.17) is 28.3 Å². The normalized spacial score (nSPS) is 24.2. The van der Waals surface area contributed by atoms with E-state index in [1.54, 1.807) is 11.0 Å². The summed E-state index contributed by atoms with van der Waals surface area (Å²) < 4.78 is 0. The lowest BCUT2D eigenvalue weighted by molar-refractivity contribution is -0.139. The van der Waals surface area contributed by atoms with Gasteiger partial charge in [-0.2, -0.15) is 0 Å². The Morgan fingerprint density at radius 3 is 2.64 bits per heavy atom. The van der Waals surface area contributed by atoms with Gasteiger partial charge >= 0.3 is 5.97 Å². The minimum absolute atomic E-state index is 0.0644.